The lowest BCUT2D eigenvalue weighted by molar-refractivity contribution is 0.415. The smallest absolute Gasteiger partial charge is 0.264 e. The summed E-state index contributed by atoms with van der Waals surface area (Å²) in [4.78, 5) is -0.0906. The van der Waals surface area contributed by atoms with Crippen LogP contribution in [0, 0.1) is 12.7 Å². The summed E-state index contributed by atoms with van der Waals surface area (Å²) in [6, 6.07) is 17.3. The van der Waals surface area contributed by atoms with E-state index in [-0.39, 0.29) is 9.92 Å². The maximum atomic E-state index is 13.6. The summed E-state index contributed by atoms with van der Waals surface area (Å²) in [5, 5.41) is -0.250. The van der Waals surface area contributed by atoms with Gasteiger partial charge in [0.25, 0.3) is 10.0 Å². The number of ether oxygens (including phenoxy) is 1. The van der Waals surface area contributed by atoms with Crippen LogP contribution in [0.15, 0.2) is 71.6 Å². The second-order valence-corrected chi connectivity index (χ2v) is 8.83. The van der Waals surface area contributed by atoms with Gasteiger partial charge in [0.05, 0.1) is 28.8 Å². The number of hydrogen-bond donors (Lipinski definition) is 0. The van der Waals surface area contributed by atoms with Crippen LogP contribution in [0.1, 0.15) is 24.1 Å². The highest BCUT2D eigenvalue weighted by Gasteiger charge is 2.31. The van der Waals surface area contributed by atoms with Gasteiger partial charge in [-0.2, -0.15) is 0 Å². The Morgan fingerprint density at radius 2 is 1.76 bits per heavy atom. The highest BCUT2D eigenvalue weighted by Crippen LogP contribution is 2.36. The third kappa shape index (κ3) is 4.23. The molecule has 7 heteroatoms. The Bertz CT molecular complexity index is 1130. The molecule has 4 nitrogen and oxygen atoms in total. The summed E-state index contributed by atoms with van der Waals surface area (Å²) in [6.45, 7) is 3.74. The van der Waals surface area contributed by atoms with Crippen molar-refractivity contribution in [3.05, 3.63) is 88.7 Å². The van der Waals surface area contributed by atoms with Crippen LogP contribution in [0.4, 0.5) is 10.1 Å². The number of benzene rings is 3. The van der Waals surface area contributed by atoms with Gasteiger partial charge < -0.3 is 4.74 Å². The van der Waals surface area contributed by atoms with Gasteiger partial charge >= 0.3 is 0 Å². The van der Waals surface area contributed by atoms with E-state index in [1.165, 1.54) is 17.5 Å². The zero-order chi connectivity index (χ0) is 21.2. The lowest BCUT2D eigenvalue weighted by Crippen LogP contribution is -2.34. The van der Waals surface area contributed by atoms with Crippen molar-refractivity contribution < 1.29 is 17.5 Å². The number of nitrogens with zero attached hydrogens (tertiary/aromatic N) is 1. The Balaban J connectivity index is 2.21. The minimum Gasteiger partial charge on any atom is -0.497 e. The molecular weight excluding hydrogens is 413 g/mol. The maximum Gasteiger partial charge on any atom is 0.264 e. The first kappa shape index (κ1) is 21.1. The maximum absolute atomic E-state index is 13.6. The molecule has 3 aromatic carbocycles. The molecule has 0 heterocycles. The van der Waals surface area contributed by atoms with Crippen molar-refractivity contribution in [3.8, 4) is 5.75 Å². The van der Waals surface area contributed by atoms with Gasteiger partial charge in [-0.25, -0.2) is 12.8 Å². The predicted octanol–water partition coefficient (Wildman–Crippen LogP) is 5.75. The average Bonchev–Trinajstić information content (AvgIpc) is 2.70. The van der Waals surface area contributed by atoms with E-state index in [2.05, 4.69) is 0 Å². The Kier molecular flexibility index (Phi) is 6.15. The number of hydrogen-bond acceptors (Lipinski definition) is 3. The Hall–Kier alpha value is -2.57. The number of sulfonamides is 1. The second kappa shape index (κ2) is 8.43. The fourth-order valence-corrected chi connectivity index (χ4v) is 5.15. The summed E-state index contributed by atoms with van der Waals surface area (Å²) in [7, 11) is -2.54. The van der Waals surface area contributed by atoms with E-state index in [0.717, 1.165) is 23.3 Å². The van der Waals surface area contributed by atoms with Crippen LogP contribution in [0.5, 0.6) is 5.75 Å². The molecule has 0 radical (unpaired) electrons. The topological polar surface area (TPSA) is 46.6 Å². The quantitative estimate of drug-likeness (QED) is 0.497. The molecular formula is C22H21ClFNO3S. The fourth-order valence-electron chi connectivity index (χ4n) is 3.25. The van der Waals surface area contributed by atoms with Crippen molar-refractivity contribution in [1.82, 2.24) is 0 Å². The van der Waals surface area contributed by atoms with Crippen LogP contribution in [0.2, 0.25) is 5.02 Å². The van der Waals surface area contributed by atoms with Gasteiger partial charge in [-0.3, -0.25) is 4.31 Å². The van der Waals surface area contributed by atoms with Crippen molar-refractivity contribution in [1.29, 1.82) is 0 Å². The Morgan fingerprint density at radius 1 is 1.03 bits per heavy atom. The molecule has 0 amide bonds. The molecule has 29 heavy (non-hydrogen) atoms. The van der Waals surface area contributed by atoms with Crippen molar-refractivity contribution in [2.24, 2.45) is 0 Å². The van der Waals surface area contributed by atoms with E-state index in [4.69, 9.17) is 16.3 Å². The van der Waals surface area contributed by atoms with Crippen LogP contribution in [0.3, 0.4) is 0 Å². The number of methoxy groups -OCH3 is 1. The SMILES string of the molecule is COc1cccc(N(C(C)c2ccccc2C)S(=O)(=O)c2ccc(F)c(Cl)c2)c1. The molecule has 0 aliphatic carbocycles. The molecule has 0 N–H and O–H groups in total. The molecule has 0 saturated carbocycles. The molecule has 0 spiro atoms. The second-order valence-electron chi connectivity index (χ2n) is 6.61. The van der Waals surface area contributed by atoms with E-state index in [1.807, 2.05) is 38.1 Å². The van der Waals surface area contributed by atoms with Gasteiger partial charge in [-0.15, -0.1) is 0 Å². The van der Waals surface area contributed by atoms with Crippen molar-refractivity contribution in [2.45, 2.75) is 24.8 Å². The minimum atomic E-state index is -4.06. The standard InChI is InChI=1S/C22H21ClFNO3S/c1-15-7-4-5-10-20(15)16(2)25(17-8-6-9-18(13-17)28-3)29(26,27)19-11-12-22(24)21(23)14-19/h4-14,16H,1-3H3. The molecule has 0 aliphatic rings. The summed E-state index contributed by atoms with van der Waals surface area (Å²) >= 11 is 5.86. The van der Waals surface area contributed by atoms with Gasteiger partial charge in [0, 0.05) is 6.07 Å². The summed E-state index contributed by atoms with van der Waals surface area (Å²) in [5.74, 6) is -0.151. The lowest BCUT2D eigenvalue weighted by Gasteiger charge is -2.32. The largest absolute Gasteiger partial charge is 0.497 e. The number of halogens is 2. The Morgan fingerprint density at radius 3 is 2.41 bits per heavy atom. The van der Waals surface area contributed by atoms with Crippen LogP contribution in [-0.2, 0) is 10.0 Å². The molecule has 0 aliphatic heterocycles. The van der Waals surface area contributed by atoms with Crippen LogP contribution in [0.25, 0.3) is 0 Å². The summed E-state index contributed by atoms with van der Waals surface area (Å²) in [6.07, 6.45) is 0. The third-order valence-corrected chi connectivity index (χ3v) is 6.93. The van der Waals surface area contributed by atoms with Gasteiger partial charge in [-0.1, -0.05) is 41.9 Å². The number of rotatable bonds is 6. The molecule has 3 rings (SSSR count). The van der Waals surface area contributed by atoms with E-state index >= 15 is 0 Å². The average molecular weight is 434 g/mol. The normalized spacial score (nSPS) is 12.4. The molecule has 1 unspecified atom stereocenters. The molecule has 1 atom stereocenters. The highest BCUT2D eigenvalue weighted by atomic mass is 35.5. The van der Waals surface area contributed by atoms with Crippen LogP contribution >= 0.6 is 11.6 Å². The van der Waals surface area contributed by atoms with E-state index < -0.39 is 21.9 Å². The van der Waals surface area contributed by atoms with E-state index in [9.17, 15) is 12.8 Å². The zero-order valence-electron chi connectivity index (χ0n) is 16.3. The van der Waals surface area contributed by atoms with Crippen molar-refractivity contribution >= 4 is 27.3 Å². The van der Waals surface area contributed by atoms with Gasteiger partial charge in [0.2, 0.25) is 0 Å². The zero-order valence-corrected chi connectivity index (χ0v) is 17.8. The molecule has 0 saturated heterocycles. The molecule has 0 bridgehead atoms. The highest BCUT2D eigenvalue weighted by molar-refractivity contribution is 7.92. The Labute approximate surface area is 175 Å². The number of aryl methyl sites for hydroxylation is 1. The predicted molar refractivity (Wildman–Crippen MR) is 114 cm³/mol. The minimum absolute atomic E-state index is 0.0906. The molecule has 3 aromatic rings. The van der Waals surface area contributed by atoms with Crippen molar-refractivity contribution in [2.75, 3.05) is 11.4 Å². The van der Waals surface area contributed by atoms with Crippen molar-refractivity contribution in [3.63, 3.8) is 0 Å². The van der Waals surface area contributed by atoms with E-state index in [1.54, 1.807) is 24.3 Å². The van der Waals surface area contributed by atoms with Gasteiger partial charge in [-0.05, 0) is 55.3 Å². The molecule has 0 aromatic heterocycles. The lowest BCUT2D eigenvalue weighted by atomic mass is 10.0. The van der Waals surface area contributed by atoms with Crippen LogP contribution < -0.4 is 9.04 Å². The fraction of sp³-hybridized carbons (Fsp3) is 0.182. The summed E-state index contributed by atoms with van der Waals surface area (Å²) < 4.78 is 47.5. The summed E-state index contributed by atoms with van der Waals surface area (Å²) in [5.41, 5.74) is 2.24. The number of anilines is 1. The van der Waals surface area contributed by atoms with E-state index in [0.29, 0.717) is 11.4 Å². The third-order valence-electron chi connectivity index (χ3n) is 4.75. The first-order valence-corrected chi connectivity index (χ1v) is 10.8. The van der Waals surface area contributed by atoms with Crippen LogP contribution in [-0.4, -0.2) is 15.5 Å². The first-order chi connectivity index (χ1) is 13.8. The van der Waals surface area contributed by atoms with Gasteiger partial charge in [0.1, 0.15) is 11.6 Å². The van der Waals surface area contributed by atoms with Gasteiger partial charge in [0.15, 0.2) is 0 Å². The molecule has 0 fully saturated rings. The monoisotopic (exact) mass is 433 g/mol. The first-order valence-electron chi connectivity index (χ1n) is 8.94. The molecule has 152 valence electrons.